The van der Waals surface area contributed by atoms with Crippen molar-refractivity contribution in [1.82, 2.24) is 5.32 Å². The Hall–Kier alpha value is -0.120. The molecule has 58 valence electrons. The molecule has 1 unspecified atom stereocenters. The summed E-state index contributed by atoms with van der Waals surface area (Å²) >= 11 is 0. The normalized spacial score (nSPS) is 42.6. The fourth-order valence-electron chi connectivity index (χ4n) is 1.95. The maximum atomic E-state index is 9.18. The molecule has 2 atom stereocenters. The number of hydrogen-bond donors (Lipinski definition) is 3. The third-order valence-electron chi connectivity index (χ3n) is 2.81. The largest absolute Gasteiger partial charge is 0.395 e. The van der Waals surface area contributed by atoms with Crippen LogP contribution in [0.5, 0.6) is 0 Å². The van der Waals surface area contributed by atoms with Crippen molar-refractivity contribution in [3.8, 4) is 0 Å². The van der Waals surface area contributed by atoms with E-state index in [4.69, 9.17) is 5.11 Å². The van der Waals surface area contributed by atoms with Gasteiger partial charge in [0.2, 0.25) is 0 Å². The highest BCUT2D eigenvalue weighted by molar-refractivity contribution is 5.07. The monoisotopic (exact) mass is 143 g/mol. The molecule has 0 aromatic heterocycles. The average molecular weight is 143 g/mol. The fraction of sp³-hybridized carbons (Fsp3) is 1.00. The van der Waals surface area contributed by atoms with Crippen LogP contribution >= 0.6 is 0 Å². The van der Waals surface area contributed by atoms with Crippen LogP contribution in [0.1, 0.15) is 19.3 Å². The summed E-state index contributed by atoms with van der Waals surface area (Å²) in [5.74, 6) is 0. The van der Waals surface area contributed by atoms with Crippen molar-refractivity contribution >= 4 is 0 Å². The number of aliphatic hydroxyl groups is 2. The number of hydrogen-bond acceptors (Lipinski definition) is 3. The predicted molar refractivity (Wildman–Crippen MR) is 36.3 cm³/mol. The van der Waals surface area contributed by atoms with Gasteiger partial charge >= 0.3 is 0 Å². The molecule has 1 aliphatic carbocycles. The molecule has 3 N–H and O–H groups in total. The van der Waals surface area contributed by atoms with Crippen LogP contribution in [0, 0.1) is 5.41 Å². The van der Waals surface area contributed by atoms with E-state index in [0.29, 0.717) is 0 Å². The minimum atomic E-state index is -0.375. The van der Waals surface area contributed by atoms with Crippen LogP contribution < -0.4 is 5.32 Å². The van der Waals surface area contributed by atoms with Gasteiger partial charge < -0.3 is 10.2 Å². The molecule has 0 radical (unpaired) electrons. The first kappa shape index (κ1) is 6.58. The zero-order valence-electron chi connectivity index (χ0n) is 5.88. The van der Waals surface area contributed by atoms with Crippen LogP contribution in [0.25, 0.3) is 0 Å². The van der Waals surface area contributed by atoms with E-state index >= 15 is 0 Å². The van der Waals surface area contributed by atoms with E-state index in [-0.39, 0.29) is 24.3 Å². The molecular weight excluding hydrogens is 130 g/mol. The van der Waals surface area contributed by atoms with Gasteiger partial charge in [-0.3, -0.25) is 5.32 Å². The van der Waals surface area contributed by atoms with Gasteiger partial charge in [0.25, 0.3) is 0 Å². The third kappa shape index (κ3) is 0.779. The van der Waals surface area contributed by atoms with E-state index < -0.39 is 0 Å². The maximum absolute atomic E-state index is 9.18. The Morgan fingerprint density at radius 1 is 1.50 bits per heavy atom. The Morgan fingerprint density at radius 3 is 2.60 bits per heavy atom. The summed E-state index contributed by atoms with van der Waals surface area (Å²) in [4.78, 5) is 0. The topological polar surface area (TPSA) is 52.5 Å². The summed E-state index contributed by atoms with van der Waals surface area (Å²) < 4.78 is 0. The average Bonchev–Trinajstić information content (AvgIpc) is 2.55. The van der Waals surface area contributed by atoms with Crippen LogP contribution in [0.15, 0.2) is 0 Å². The van der Waals surface area contributed by atoms with Gasteiger partial charge in [0.05, 0.1) is 6.61 Å². The van der Waals surface area contributed by atoms with Crippen LogP contribution in [-0.2, 0) is 0 Å². The Balaban J connectivity index is 2.06. The number of rotatable bonds is 1. The molecular formula is C7H13NO2. The SMILES string of the molecule is OC[C@H]1NC(O)CC12CC2. The Labute approximate surface area is 60.1 Å². The van der Waals surface area contributed by atoms with Crippen LogP contribution in [0.2, 0.25) is 0 Å². The van der Waals surface area contributed by atoms with E-state index in [1.807, 2.05) is 0 Å². The summed E-state index contributed by atoms with van der Waals surface area (Å²) in [5, 5.41) is 21.0. The molecule has 2 fully saturated rings. The Morgan fingerprint density at radius 2 is 2.20 bits per heavy atom. The minimum Gasteiger partial charge on any atom is -0.395 e. The van der Waals surface area contributed by atoms with Crippen molar-refractivity contribution in [2.75, 3.05) is 6.61 Å². The lowest BCUT2D eigenvalue weighted by atomic mass is 9.98. The second-order valence-corrected chi connectivity index (χ2v) is 3.48. The molecule has 1 heterocycles. The van der Waals surface area contributed by atoms with Gasteiger partial charge in [-0.25, -0.2) is 0 Å². The fourth-order valence-corrected chi connectivity index (χ4v) is 1.95. The summed E-state index contributed by atoms with van der Waals surface area (Å²) in [6.07, 6.45) is 2.79. The zero-order valence-corrected chi connectivity index (χ0v) is 5.88. The first-order valence-corrected chi connectivity index (χ1v) is 3.82. The molecule has 0 bridgehead atoms. The lowest BCUT2D eigenvalue weighted by Crippen LogP contribution is -2.34. The molecule has 0 aromatic rings. The first-order valence-electron chi connectivity index (χ1n) is 3.82. The highest BCUT2D eigenvalue weighted by Crippen LogP contribution is 2.55. The Kier molecular flexibility index (Phi) is 1.27. The molecule has 3 heteroatoms. The second-order valence-electron chi connectivity index (χ2n) is 3.48. The van der Waals surface area contributed by atoms with Gasteiger partial charge in [0.1, 0.15) is 6.23 Å². The number of aliphatic hydroxyl groups excluding tert-OH is 2. The minimum absolute atomic E-state index is 0.155. The molecule has 1 aliphatic heterocycles. The van der Waals surface area contributed by atoms with Gasteiger partial charge in [0, 0.05) is 6.04 Å². The van der Waals surface area contributed by atoms with Gasteiger partial charge in [-0.15, -0.1) is 0 Å². The van der Waals surface area contributed by atoms with Crippen molar-refractivity contribution in [3.63, 3.8) is 0 Å². The molecule has 2 rings (SSSR count). The van der Waals surface area contributed by atoms with Crippen LogP contribution in [0.3, 0.4) is 0 Å². The maximum Gasteiger partial charge on any atom is 0.105 e. The van der Waals surface area contributed by atoms with Gasteiger partial charge in [-0.1, -0.05) is 0 Å². The van der Waals surface area contributed by atoms with Crippen molar-refractivity contribution in [2.24, 2.45) is 5.41 Å². The van der Waals surface area contributed by atoms with Crippen LogP contribution in [0.4, 0.5) is 0 Å². The molecule has 3 nitrogen and oxygen atoms in total. The van der Waals surface area contributed by atoms with E-state index in [1.165, 1.54) is 12.8 Å². The lowest BCUT2D eigenvalue weighted by molar-refractivity contribution is 0.144. The molecule has 1 saturated carbocycles. The quantitative estimate of drug-likeness (QED) is 0.461. The van der Waals surface area contributed by atoms with Crippen molar-refractivity contribution in [2.45, 2.75) is 31.5 Å². The zero-order chi connectivity index (χ0) is 7.19. The summed E-state index contributed by atoms with van der Waals surface area (Å²) in [6, 6.07) is 0.155. The van der Waals surface area contributed by atoms with Gasteiger partial charge in [-0.2, -0.15) is 0 Å². The first-order chi connectivity index (χ1) is 4.77. The molecule has 1 saturated heterocycles. The summed E-state index contributed by atoms with van der Waals surface area (Å²) in [7, 11) is 0. The second kappa shape index (κ2) is 1.94. The van der Waals surface area contributed by atoms with Gasteiger partial charge in [0.15, 0.2) is 0 Å². The van der Waals surface area contributed by atoms with Crippen molar-refractivity contribution in [3.05, 3.63) is 0 Å². The predicted octanol–water partition coefficient (Wildman–Crippen LogP) is -0.561. The van der Waals surface area contributed by atoms with Crippen molar-refractivity contribution in [1.29, 1.82) is 0 Å². The van der Waals surface area contributed by atoms with E-state index in [1.54, 1.807) is 0 Å². The Bertz CT molecular complexity index is 145. The smallest absolute Gasteiger partial charge is 0.105 e. The van der Waals surface area contributed by atoms with E-state index in [9.17, 15) is 5.11 Å². The summed E-state index contributed by atoms with van der Waals surface area (Å²) in [6.45, 7) is 0.164. The molecule has 2 aliphatic rings. The molecule has 10 heavy (non-hydrogen) atoms. The highest BCUT2D eigenvalue weighted by atomic mass is 16.3. The van der Waals surface area contributed by atoms with Gasteiger partial charge in [-0.05, 0) is 24.7 Å². The molecule has 0 amide bonds. The third-order valence-corrected chi connectivity index (χ3v) is 2.81. The standard InChI is InChI=1S/C7H13NO2/c9-4-5-7(1-2-7)3-6(10)8-5/h5-6,8-10H,1-4H2/t5-,6?/m1/s1. The number of nitrogens with one attached hydrogen (secondary N) is 1. The molecule has 1 spiro atoms. The van der Waals surface area contributed by atoms with Crippen LogP contribution in [-0.4, -0.2) is 29.1 Å². The lowest BCUT2D eigenvalue weighted by Gasteiger charge is -2.13. The summed E-state index contributed by atoms with van der Waals surface area (Å²) in [5.41, 5.74) is 0.272. The van der Waals surface area contributed by atoms with Crippen molar-refractivity contribution < 1.29 is 10.2 Å². The van der Waals surface area contributed by atoms with E-state index in [2.05, 4.69) is 5.32 Å². The van der Waals surface area contributed by atoms with E-state index in [0.717, 1.165) is 6.42 Å². The molecule has 0 aromatic carbocycles. The highest BCUT2D eigenvalue weighted by Gasteiger charge is 2.54.